The van der Waals surface area contributed by atoms with Crippen LogP contribution in [0.1, 0.15) is 6.92 Å². The molecule has 0 aliphatic rings. The van der Waals surface area contributed by atoms with Gasteiger partial charge in [0, 0.05) is 84.0 Å². The lowest BCUT2D eigenvalue weighted by Gasteiger charge is -2.10. The highest BCUT2D eigenvalue weighted by atomic mass is 15.2. The van der Waals surface area contributed by atoms with Crippen molar-refractivity contribution in [3.8, 4) is 34.1 Å². The lowest BCUT2D eigenvalue weighted by molar-refractivity contribution is 0.827. The molecular formula is C46H31N15. The first kappa shape index (κ1) is 33.3. The second-order valence-electron chi connectivity index (χ2n) is 15.1. The van der Waals surface area contributed by atoms with E-state index in [0.717, 1.165) is 84.3 Å². The van der Waals surface area contributed by atoms with Gasteiger partial charge in [-0.15, -0.1) is 40.8 Å². The molecule has 0 atom stereocenters. The van der Waals surface area contributed by atoms with Gasteiger partial charge in [-0.3, -0.25) is 18.3 Å². The van der Waals surface area contributed by atoms with Crippen LogP contribution in [0.3, 0.4) is 0 Å². The minimum atomic E-state index is 0.832. The van der Waals surface area contributed by atoms with Gasteiger partial charge in [-0.05, 0) is 116 Å². The summed E-state index contributed by atoms with van der Waals surface area (Å²) >= 11 is 0. The second kappa shape index (κ2) is 12.6. The van der Waals surface area contributed by atoms with Crippen LogP contribution in [0.25, 0.3) is 99.5 Å². The first-order valence-electron chi connectivity index (χ1n) is 19.8. The molecule has 0 aliphatic heterocycles. The third kappa shape index (κ3) is 4.91. The molecule has 6 aromatic carbocycles. The fraction of sp³-hybridized carbons (Fsp3) is 0.0435. The maximum Gasteiger partial charge on any atom is 0.123 e. The fourth-order valence-corrected chi connectivity index (χ4v) is 9.23. The highest BCUT2D eigenvalue weighted by Crippen LogP contribution is 2.40. The number of hydrogen-bond acceptors (Lipinski definition) is 8. The summed E-state index contributed by atoms with van der Waals surface area (Å²) in [5, 5.41) is 39.3. The van der Waals surface area contributed by atoms with Crippen LogP contribution in [0.15, 0.2) is 160 Å². The van der Waals surface area contributed by atoms with Gasteiger partial charge in [0.05, 0.1) is 22.1 Å². The van der Waals surface area contributed by atoms with Gasteiger partial charge in [-0.25, -0.2) is 0 Å². The van der Waals surface area contributed by atoms with E-state index in [1.807, 2.05) is 18.3 Å². The van der Waals surface area contributed by atoms with Crippen molar-refractivity contribution in [2.45, 2.75) is 13.5 Å². The van der Waals surface area contributed by atoms with Crippen LogP contribution >= 0.6 is 0 Å². The van der Waals surface area contributed by atoms with Crippen LogP contribution in [0.2, 0.25) is 0 Å². The van der Waals surface area contributed by atoms with Gasteiger partial charge in [-0.1, -0.05) is 0 Å². The van der Waals surface area contributed by atoms with Gasteiger partial charge in [0.1, 0.15) is 50.6 Å². The molecule has 0 radical (unpaired) electrons. The maximum absolute atomic E-state index is 4.06. The largest absolute Gasteiger partial charge is 0.341 e. The van der Waals surface area contributed by atoms with E-state index in [4.69, 9.17) is 0 Å². The molecule has 13 aromatic rings. The van der Waals surface area contributed by atoms with Gasteiger partial charge in [0.2, 0.25) is 0 Å². The summed E-state index contributed by atoms with van der Waals surface area (Å²) in [5.74, 6) is 0. The Labute approximate surface area is 344 Å². The van der Waals surface area contributed by atoms with Crippen molar-refractivity contribution in [1.82, 2.24) is 72.8 Å². The van der Waals surface area contributed by atoms with Crippen molar-refractivity contribution in [1.29, 1.82) is 0 Å². The topological polar surface area (TPSA) is 138 Å². The zero-order valence-corrected chi connectivity index (χ0v) is 32.4. The molecule has 0 N–H and O–H groups in total. The predicted octanol–water partition coefficient (Wildman–Crippen LogP) is 8.33. The molecule has 0 unspecified atom stereocenters. The maximum atomic E-state index is 4.06. The van der Waals surface area contributed by atoms with Gasteiger partial charge in [0.15, 0.2) is 0 Å². The van der Waals surface area contributed by atoms with Crippen molar-refractivity contribution >= 4 is 65.4 Å². The molecule has 0 aliphatic carbocycles. The standard InChI is InChI=1S/C46H31N15/c1-2-59-41-9-7-33(60-43-11-3-29(55-21-47-48-22-55)15-37(43)38-16-30(4-12-44(38)60)56-23-49-50-24-56)19-35(41)36-20-34(8-10-42(36)59)61-45-13-5-31(57-25-51-52-26-57)17-39(45)40-18-32(6-14-46(40)61)58-27-53-54-28-58/h3-28H,2H2,1H3. The minimum absolute atomic E-state index is 0.832. The van der Waals surface area contributed by atoms with Crippen LogP contribution in [-0.4, -0.2) is 72.8 Å². The lowest BCUT2D eigenvalue weighted by atomic mass is 10.1. The number of hydrogen-bond donors (Lipinski definition) is 0. The molecule has 0 fully saturated rings. The third-order valence-electron chi connectivity index (χ3n) is 12.0. The number of rotatable bonds is 7. The van der Waals surface area contributed by atoms with Gasteiger partial charge in [0.25, 0.3) is 0 Å². The average Bonchev–Trinajstić information content (AvgIpc) is 4.16. The minimum Gasteiger partial charge on any atom is -0.341 e. The summed E-state index contributed by atoms with van der Waals surface area (Å²) in [6.07, 6.45) is 13.8. The molecule has 15 nitrogen and oxygen atoms in total. The monoisotopic (exact) mass is 793 g/mol. The highest BCUT2D eigenvalue weighted by Gasteiger charge is 2.20. The molecule has 61 heavy (non-hydrogen) atoms. The molecule has 0 saturated carbocycles. The second-order valence-corrected chi connectivity index (χ2v) is 15.1. The molecule has 0 amide bonds. The SMILES string of the molecule is CCn1c2ccc(-n3c4ccc(-n5cnnc5)cc4c4cc(-n5cnnc5)ccc43)cc2c2cc(-n3c4ccc(-n5cnnc5)cc4c4cc(-n5cnnc5)ccc43)ccc21. The Morgan fingerprint density at radius 3 is 0.803 bits per heavy atom. The molecular weight excluding hydrogens is 763 g/mol. The van der Waals surface area contributed by atoms with Crippen LogP contribution in [0.5, 0.6) is 0 Å². The molecule has 7 aromatic heterocycles. The molecule has 0 saturated heterocycles. The van der Waals surface area contributed by atoms with E-state index in [1.54, 1.807) is 50.6 Å². The molecule has 0 spiro atoms. The number of benzene rings is 6. The molecule has 290 valence electrons. The van der Waals surface area contributed by atoms with Crippen molar-refractivity contribution in [3.05, 3.63) is 160 Å². The van der Waals surface area contributed by atoms with Crippen LogP contribution in [0.4, 0.5) is 0 Å². The van der Waals surface area contributed by atoms with E-state index in [9.17, 15) is 0 Å². The van der Waals surface area contributed by atoms with E-state index in [1.165, 1.54) is 21.8 Å². The predicted molar refractivity (Wildman–Crippen MR) is 233 cm³/mol. The Hall–Kier alpha value is -8.72. The average molecular weight is 794 g/mol. The van der Waals surface area contributed by atoms with Crippen LogP contribution in [-0.2, 0) is 6.54 Å². The van der Waals surface area contributed by atoms with E-state index < -0.39 is 0 Å². The number of aromatic nitrogens is 15. The third-order valence-corrected chi connectivity index (χ3v) is 12.0. The van der Waals surface area contributed by atoms with Crippen molar-refractivity contribution in [2.24, 2.45) is 0 Å². The smallest absolute Gasteiger partial charge is 0.123 e. The van der Waals surface area contributed by atoms with Crippen molar-refractivity contribution in [3.63, 3.8) is 0 Å². The molecule has 13 rings (SSSR count). The van der Waals surface area contributed by atoms with E-state index in [2.05, 4.69) is 171 Å². The summed E-state index contributed by atoms with van der Waals surface area (Å²) in [6.45, 7) is 3.04. The zero-order chi connectivity index (χ0) is 40.2. The van der Waals surface area contributed by atoms with Crippen LogP contribution < -0.4 is 0 Å². The molecule has 15 heteroatoms. The zero-order valence-electron chi connectivity index (χ0n) is 32.4. The lowest BCUT2D eigenvalue weighted by Crippen LogP contribution is -1.97. The Bertz CT molecular complexity index is 3360. The summed E-state index contributed by atoms with van der Waals surface area (Å²) < 4.78 is 14.9. The molecule has 7 heterocycles. The first-order chi connectivity index (χ1) is 30.2. The molecule has 0 bridgehead atoms. The van der Waals surface area contributed by atoms with E-state index in [-0.39, 0.29) is 0 Å². The number of aryl methyl sites for hydroxylation is 1. The van der Waals surface area contributed by atoms with Gasteiger partial charge >= 0.3 is 0 Å². The van der Waals surface area contributed by atoms with Crippen molar-refractivity contribution < 1.29 is 0 Å². The number of fused-ring (bicyclic) bond motifs is 9. The summed E-state index contributed by atoms with van der Waals surface area (Å²) in [7, 11) is 0. The van der Waals surface area contributed by atoms with Gasteiger partial charge in [-0.2, -0.15) is 0 Å². The van der Waals surface area contributed by atoms with E-state index in [0.29, 0.717) is 0 Å². The Morgan fingerprint density at radius 2 is 0.525 bits per heavy atom. The Balaban J connectivity index is 1.03. The van der Waals surface area contributed by atoms with Gasteiger partial charge < -0.3 is 13.7 Å². The Kier molecular flexibility index (Phi) is 6.89. The first-order valence-corrected chi connectivity index (χ1v) is 19.8. The summed E-state index contributed by atoms with van der Waals surface area (Å²) in [4.78, 5) is 0. The summed E-state index contributed by atoms with van der Waals surface area (Å²) in [5.41, 5.74) is 12.8. The van der Waals surface area contributed by atoms with E-state index >= 15 is 0 Å². The number of nitrogens with zero attached hydrogens (tertiary/aromatic N) is 15. The highest BCUT2D eigenvalue weighted by molar-refractivity contribution is 6.14. The van der Waals surface area contributed by atoms with Crippen LogP contribution in [0, 0.1) is 0 Å². The van der Waals surface area contributed by atoms with Crippen molar-refractivity contribution in [2.75, 3.05) is 0 Å². The quantitative estimate of drug-likeness (QED) is 0.157. The fourth-order valence-electron chi connectivity index (χ4n) is 9.23. The normalized spacial score (nSPS) is 12.1. The Morgan fingerprint density at radius 1 is 0.295 bits per heavy atom. The summed E-state index contributed by atoms with van der Waals surface area (Å²) in [6, 6.07) is 39.7.